The largest absolute Gasteiger partial charge is 0.462 e. The number of ether oxygens (including phenoxy) is 1. The van der Waals surface area contributed by atoms with Gasteiger partial charge in [-0.15, -0.1) is 0 Å². The number of amides is 1. The molecule has 1 aromatic carbocycles. The third-order valence-corrected chi connectivity index (χ3v) is 5.01. The third kappa shape index (κ3) is 5.43. The minimum Gasteiger partial charge on any atom is -0.462 e. The monoisotopic (exact) mass is 410 g/mol. The van der Waals surface area contributed by atoms with Crippen LogP contribution in [0.1, 0.15) is 28.4 Å². The van der Waals surface area contributed by atoms with Crippen molar-refractivity contribution in [3.63, 3.8) is 0 Å². The Balaban J connectivity index is 1.48. The van der Waals surface area contributed by atoms with Crippen LogP contribution in [0.5, 0.6) is 0 Å². The number of hydrogen-bond acceptors (Lipinski definition) is 7. The Labute approximate surface area is 175 Å². The van der Waals surface area contributed by atoms with Gasteiger partial charge in [-0.2, -0.15) is 10.4 Å². The second kappa shape index (κ2) is 10.0. The van der Waals surface area contributed by atoms with Gasteiger partial charge < -0.3 is 10.1 Å². The van der Waals surface area contributed by atoms with Crippen molar-refractivity contribution in [1.82, 2.24) is 19.6 Å². The Hall–Kier alpha value is -3.22. The van der Waals surface area contributed by atoms with Gasteiger partial charge in [-0.1, -0.05) is 12.1 Å². The molecule has 0 bridgehead atoms. The van der Waals surface area contributed by atoms with E-state index in [1.807, 2.05) is 24.3 Å². The van der Waals surface area contributed by atoms with Crippen LogP contribution in [0.3, 0.4) is 0 Å². The zero-order chi connectivity index (χ0) is 21.5. The van der Waals surface area contributed by atoms with Crippen LogP contribution >= 0.6 is 0 Å². The summed E-state index contributed by atoms with van der Waals surface area (Å²) in [6.45, 7) is 6.32. The smallest absolute Gasteiger partial charge is 0.343 e. The number of nitrogens with zero attached hydrogens (tertiary/aromatic N) is 5. The van der Waals surface area contributed by atoms with Crippen molar-refractivity contribution in [1.29, 1.82) is 5.26 Å². The van der Waals surface area contributed by atoms with Gasteiger partial charge in [0.05, 0.1) is 31.0 Å². The summed E-state index contributed by atoms with van der Waals surface area (Å²) in [6, 6.07) is 9.75. The van der Waals surface area contributed by atoms with E-state index in [0.717, 1.165) is 32.7 Å². The van der Waals surface area contributed by atoms with Crippen LogP contribution < -0.4 is 5.32 Å². The molecule has 1 aromatic heterocycles. The van der Waals surface area contributed by atoms with Crippen molar-refractivity contribution in [3.05, 3.63) is 47.2 Å². The first kappa shape index (κ1) is 21.5. The van der Waals surface area contributed by atoms with Crippen molar-refractivity contribution in [2.75, 3.05) is 44.6 Å². The lowest BCUT2D eigenvalue weighted by molar-refractivity contribution is -0.117. The molecule has 9 nitrogen and oxygen atoms in total. The van der Waals surface area contributed by atoms with Crippen LogP contribution in [0.15, 0.2) is 30.5 Å². The minimum absolute atomic E-state index is 0.190. The number of hydrogen-bond donors (Lipinski definition) is 1. The fourth-order valence-electron chi connectivity index (χ4n) is 3.37. The first-order valence-corrected chi connectivity index (χ1v) is 9.93. The third-order valence-electron chi connectivity index (χ3n) is 5.01. The second-order valence-electron chi connectivity index (χ2n) is 7.16. The Morgan fingerprint density at radius 3 is 2.47 bits per heavy atom. The van der Waals surface area contributed by atoms with E-state index in [9.17, 15) is 9.59 Å². The average Bonchev–Trinajstić information content (AvgIpc) is 3.10. The molecule has 1 fully saturated rings. The van der Waals surface area contributed by atoms with E-state index in [0.29, 0.717) is 11.4 Å². The first-order valence-electron chi connectivity index (χ1n) is 9.93. The Morgan fingerprint density at radius 1 is 1.17 bits per heavy atom. The van der Waals surface area contributed by atoms with Crippen molar-refractivity contribution in [3.8, 4) is 6.07 Å². The van der Waals surface area contributed by atoms with Gasteiger partial charge in [0.2, 0.25) is 5.91 Å². The molecule has 0 aliphatic carbocycles. The predicted molar refractivity (Wildman–Crippen MR) is 111 cm³/mol. The molecule has 1 aliphatic heterocycles. The topological polar surface area (TPSA) is 103 Å². The Bertz CT molecular complexity index is 923. The number of carbonyl (C=O) groups is 2. The molecular weight excluding hydrogens is 384 g/mol. The molecule has 0 atom stereocenters. The van der Waals surface area contributed by atoms with Crippen molar-refractivity contribution < 1.29 is 14.3 Å². The summed E-state index contributed by atoms with van der Waals surface area (Å²) in [5, 5.41) is 15.7. The highest BCUT2D eigenvalue weighted by Gasteiger charge is 2.22. The summed E-state index contributed by atoms with van der Waals surface area (Å²) in [5.41, 5.74) is 2.08. The number of benzene rings is 1. The highest BCUT2D eigenvalue weighted by Crippen LogP contribution is 2.16. The van der Waals surface area contributed by atoms with E-state index in [-0.39, 0.29) is 24.6 Å². The summed E-state index contributed by atoms with van der Waals surface area (Å²) in [4.78, 5) is 28.9. The highest BCUT2D eigenvalue weighted by molar-refractivity contribution is 6.00. The van der Waals surface area contributed by atoms with Crippen LogP contribution in [-0.4, -0.2) is 70.8 Å². The number of carbonyl (C=O) groups excluding carboxylic acids is 2. The molecular formula is C21H26N6O3. The van der Waals surface area contributed by atoms with Crippen molar-refractivity contribution in [2.24, 2.45) is 7.05 Å². The molecule has 158 valence electrons. The number of piperazine rings is 1. The fourth-order valence-corrected chi connectivity index (χ4v) is 3.37. The number of aromatic nitrogens is 2. The van der Waals surface area contributed by atoms with E-state index >= 15 is 0 Å². The average molecular weight is 410 g/mol. The van der Waals surface area contributed by atoms with Gasteiger partial charge in [-0.3, -0.25) is 19.3 Å². The molecule has 1 saturated heterocycles. The normalized spacial score (nSPS) is 14.8. The standard InChI is InChI=1S/C21H26N6O3/c1-3-30-21(29)18-13-23-25(2)20(18)24-19(28)15-27-10-8-26(9-11-27)14-17-6-4-16(12-22)5-7-17/h4-7,13H,3,8-11,14-15H2,1-2H3,(H,24,28). The molecule has 0 radical (unpaired) electrons. The minimum atomic E-state index is -0.502. The fraction of sp³-hybridized carbons (Fsp3) is 0.429. The van der Waals surface area contributed by atoms with Crippen molar-refractivity contribution >= 4 is 17.7 Å². The molecule has 2 aromatic rings. The SMILES string of the molecule is CCOC(=O)c1cnn(C)c1NC(=O)CN1CCN(Cc2ccc(C#N)cc2)CC1. The molecule has 0 saturated carbocycles. The predicted octanol–water partition coefficient (Wildman–Crippen LogP) is 1.22. The number of aryl methyl sites for hydroxylation is 1. The van der Waals surface area contributed by atoms with Gasteiger partial charge in [-0.25, -0.2) is 4.79 Å². The maximum atomic E-state index is 12.5. The van der Waals surface area contributed by atoms with Gasteiger partial charge in [0.25, 0.3) is 0 Å². The van der Waals surface area contributed by atoms with E-state index in [2.05, 4.69) is 26.3 Å². The van der Waals surface area contributed by atoms with Gasteiger partial charge >= 0.3 is 5.97 Å². The van der Waals surface area contributed by atoms with E-state index < -0.39 is 5.97 Å². The van der Waals surface area contributed by atoms with Crippen LogP contribution in [0.25, 0.3) is 0 Å². The molecule has 30 heavy (non-hydrogen) atoms. The molecule has 3 rings (SSSR count). The van der Waals surface area contributed by atoms with Gasteiger partial charge in [0.15, 0.2) is 0 Å². The Kier molecular flexibility index (Phi) is 7.17. The number of nitriles is 1. The molecule has 9 heteroatoms. The number of nitrogens with one attached hydrogen (secondary N) is 1. The first-order chi connectivity index (χ1) is 14.5. The maximum absolute atomic E-state index is 12.5. The van der Waals surface area contributed by atoms with Gasteiger partial charge in [-0.05, 0) is 24.6 Å². The van der Waals surface area contributed by atoms with E-state index in [4.69, 9.17) is 10.00 Å². The van der Waals surface area contributed by atoms with Crippen LogP contribution in [0.4, 0.5) is 5.82 Å². The van der Waals surface area contributed by atoms with Crippen LogP contribution in [-0.2, 0) is 23.1 Å². The number of anilines is 1. The second-order valence-corrected chi connectivity index (χ2v) is 7.16. The van der Waals surface area contributed by atoms with Crippen molar-refractivity contribution in [2.45, 2.75) is 13.5 Å². The molecule has 1 amide bonds. The molecule has 2 heterocycles. The van der Waals surface area contributed by atoms with Gasteiger partial charge in [0, 0.05) is 39.8 Å². The summed E-state index contributed by atoms with van der Waals surface area (Å²) in [5.74, 6) is -0.347. The van der Waals surface area contributed by atoms with Crippen LogP contribution in [0.2, 0.25) is 0 Å². The zero-order valence-electron chi connectivity index (χ0n) is 17.3. The number of esters is 1. The lowest BCUT2D eigenvalue weighted by Gasteiger charge is -2.34. The zero-order valence-corrected chi connectivity index (χ0v) is 17.3. The van der Waals surface area contributed by atoms with Gasteiger partial charge in [0.1, 0.15) is 11.4 Å². The molecule has 1 aliphatic rings. The molecule has 0 unspecified atom stereocenters. The lowest BCUT2D eigenvalue weighted by atomic mass is 10.1. The van der Waals surface area contributed by atoms with E-state index in [1.54, 1.807) is 14.0 Å². The molecule has 1 N–H and O–H groups in total. The maximum Gasteiger partial charge on any atom is 0.343 e. The molecule has 0 spiro atoms. The summed E-state index contributed by atoms with van der Waals surface area (Å²) >= 11 is 0. The van der Waals surface area contributed by atoms with E-state index in [1.165, 1.54) is 16.4 Å². The highest BCUT2D eigenvalue weighted by atomic mass is 16.5. The van der Waals surface area contributed by atoms with Crippen LogP contribution in [0, 0.1) is 11.3 Å². The Morgan fingerprint density at radius 2 is 1.83 bits per heavy atom. The summed E-state index contributed by atoms with van der Waals surface area (Å²) in [7, 11) is 1.67. The summed E-state index contributed by atoms with van der Waals surface area (Å²) in [6.07, 6.45) is 1.40. The lowest BCUT2D eigenvalue weighted by Crippen LogP contribution is -2.48. The number of rotatable bonds is 7. The summed E-state index contributed by atoms with van der Waals surface area (Å²) < 4.78 is 6.47. The quantitative estimate of drug-likeness (QED) is 0.685.